The summed E-state index contributed by atoms with van der Waals surface area (Å²) < 4.78 is 0. The summed E-state index contributed by atoms with van der Waals surface area (Å²) in [4.78, 5) is 15.9. The van der Waals surface area contributed by atoms with Crippen LogP contribution in [0.1, 0.15) is 62.5 Å². The number of carbonyl (C=O) groups excluding carboxylic acids is 1. The molecule has 1 amide bonds. The smallest absolute Gasteiger partial charge is 0.223 e. The molecule has 184 valence electrons. The summed E-state index contributed by atoms with van der Waals surface area (Å²) in [6.45, 7) is 7.17. The first-order chi connectivity index (χ1) is 16.4. The molecule has 2 aliphatic rings. The van der Waals surface area contributed by atoms with Crippen LogP contribution in [0.5, 0.6) is 0 Å². The molecule has 2 aliphatic heterocycles. The Kier molecular flexibility index (Phi) is 8.57. The van der Waals surface area contributed by atoms with E-state index in [1.807, 2.05) is 13.1 Å². The standard InChI is InChI=1S/C28H37Cl2N3O/c1-21(34)32(2)25-8-5-22(6-9-25)23-11-17-33(18-12-23)16-4-14-28(13-3-15-31-20-28)24-7-10-26(29)27(30)19-24/h5-10,19,23,31H,3-4,11-18,20H2,1-2H3. The van der Waals surface area contributed by atoms with Crippen LogP contribution in [0.4, 0.5) is 5.69 Å². The molecule has 1 atom stereocenters. The zero-order valence-corrected chi connectivity index (χ0v) is 22.0. The number of piperidine rings is 2. The Morgan fingerprint density at radius 3 is 2.47 bits per heavy atom. The van der Waals surface area contributed by atoms with Gasteiger partial charge in [0.15, 0.2) is 0 Å². The van der Waals surface area contributed by atoms with E-state index in [9.17, 15) is 4.79 Å². The molecule has 2 saturated heterocycles. The van der Waals surface area contributed by atoms with Gasteiger partial charge in [-0.3, -0.25) is 4.79 Å². The molecule has 0 bridgehead atoms. The van der Waals surface area contributed by atoms with Crippen LogP contribution in [0.2, 0.25) is 10.0 Å². The molecule has 0 spiro atoms. The SMILES string of the molecule is CC(=O)N(C)c1ccc(C2CCN(CCCC3(c4ccc(Cl)c(Cl)c4)CCCNC3)CC2)cc1. The van der Waals surface area contributed by atoms with Gasteiger partial charge in [0.05, 0.1) is 10.0 Å². The number of amides is 1. The number of nitrogens with zero attached hydrogens (tertiary/aromatic N) is 2. The van der Waals surface area contributed by atoms with E-state index in [1.54, 1.807) is 11.8 Å². The van der Waals surface area contributed by atoms with Crippen molar-refractivity contribution in [3.05, 3.63) is 63.6 Å². The minimum absolute atomic E-state index is 0.0611. The van der Waals surface area contributed by atoms with Crippen LogP contribution in [0.3, 0.4) is 0 Å². The summed E-state index contributed by atoms with van der Waals surface area (Å²) in [5.41, 5.74) is 3.83. The summed E-state index contributed by atoms with van der Waals surface area (Å²) in [5, 5.41) is 4.92. The first-order valence-electron chi connectivity index (χ1n) is 12.6. The molecule has 4 nitrogen and oxygen atoms in total. The Bertz CT molecular complexity index is 964. The molecule has 0 aliphatic carbocycles. The number of hydrogen-bond donors (Lipinski definition) is 1. The molecule has 1 unspecified atom stereocenters. The van der Waals surface area contributed by atoms with Crippen LogP contribution < -0.4 is 10.2 Å². The van der Waals surface area contributed by atoms with Gasteiger partial charge in [-0.15, -0.1) is 0 Å². The molecule has 0 radical (unpaired) electrons. The largest absolute Gasteiger partial charge is 0.316 e. The fourth-order valence-corrected chi connectivity index (χ4v) is 5.98. The number of anilines is 1. The van der Waals surface area contributed by atoms with Crippen molar-refractivity contribution in [1.29, 1.82) is 0 Å². The van der Waals surface area contributed by atoms with Crippen molar-refractivity contribution < 1.29 is 4.79 Å². The lowest BCUT2D eigenvalue weighted by Gasteiger charge is -2.39. The Balaban J connectivity index is 1.29. The van der Waals surface area contributed by atoms with E-state index in [-0.39, 0.29) is 11.3 Å². The van der Waals surface area contributed by atoms with E-state index in [0.717, 1.165) is 38.4 Å². The van der Waals surface area contributed by atoms with Crippen molar-refractivity contribution >= 4 is 34.8 Å². The van der Waals surface area contributed by atoms with E-state index < -0.39 is 0 Å². The van der Waals surface area contributed by atoms with Crippen molar-refractivity contribution in [2.75, 3.05) is 44.7 Å². The predicted molar refractivity (Wildman–Crippen MR) is 143 cm³/mol. The van der Waals surface area contributed by atoms with Gasteiger partial charge in [-0.25, -0.2) is 0 Å². The molecule has 1 N–H and O–H groups in total. The second-order valence-electron chi connectivity index (χ2n) is 10.1. The summed E-state index contributed by atoms with van der Waals surface area (Å²) >= 11 is 12.6. The Morgan fingerprint density at radius 1 is 1.12 bits per heavy atom. The van der Waals surface area contributed by atoms with Crippen molar-refractivity contribution in [2.24, 2.45) is 0 Å². The average molecular weight is 503 g/mol. The second kappa shape index (κ2) is 11.4. The highest BCUT2D eigenvalue weighted by Crippen LogP contribution is 2.38. The summed E-state index contributed by atoms with van der Waals surface area (Å²) in [6.07, 6.45) is 7.16. The van der Waals surface area contributed by atoms with E-state index in [1.165, 1.54) is 49.7 Å². The molecular formula is C28H37Cl2N3O. The van der Waals surface area contributed by atoms with E-state index in [4.69, 9.17) is 23.2 Å². The Labute approximate surface area is 214 Å². The fourth-order valence-electron chi connectivity index (χ4n) is 5.68. The van der Waals surface area contributed by atoms with Gasteiger partial charge in [-0.2, -0.15) is 0 Å². The zero-order chi connectivity index (χ0) is 24.1. The van der Waals surface area contributed by atoms with E-state index in [2.05, 4.69) is 46.6 Å². The van der Waals surface area contributed by atoms with E-state index in [0.29, 0.717) is 16.0 Å². The van der Waals surface area contributed by atoms with Crippen molar-refractivity contribution in [3.8, 4) is 0 Å². The topological polar surface area (TPSA) is 35.6 Å². The van der Waals surface area contributed by atoms with E-state index >= 15 is 0 Å². The molecule has 34 heavy (non-hydrogen) atoms. The molecule has 4 rings (SSSR count). The second-order valence-corrected chi connectivity index (χ2v) is 10.9. The maximum absolute atomic E-state index is 11.6. The van der Waals surface area contributed by atoms with Crippen LogP contribution in [-0.4, -0.2) is 50.6 Å². The molecule has 6 heteroatoms. The number of rotatable bonds is 7. The number of nitrogens with one attached hydrogen (secondary N) is 1. The zero-order valence-electron chi connectivity index (χ0n) is 20.5. The average Bonchev–Trinajstić information content (AvgIpc) is 2.86. The van der Waals surface area contributed by atoms with Crippen LogP contribution in [0.15, 0.2) is 42.5 Å². The molecule has 0 saturated carbocycles. The third kappa shape index (κ3) is 5.96. The van der Waals surface area contributed by atoms with Crippen LogP contribution >= 0.6 is 23.2 Å². The first-order valence-corrected chi connectivity index (χ1v) is 13.4. The highest BCUT2D eigenvalue weighted by atomic mass is 35.5. The van der Waals surface area contributed by atoms with Crippen LogP contribution in [0, 0.1) is 0 Å². The monoisotopic (exact) mass is 501 g/mol. The van der Waals surface area contributed by atoms with Crippen molar-refractivity contribution in [3.63, 3.8) is 0 Å². The lowest BCUT2D eigenvalue weighted by molar-refractivity contribution is -0.116. The lowest BCUT2D eigenvalue weighted by Crippen LogP contribution is -2.44. The van der Waals surface area contributed by atoms with Crippen molar-refractivity contribution in [1.82, 2.24) is 10.2 Å². The van der Waals surface area contributed by atoms with Gasteiger partial charge in [0.1, 0.15) is 0 Å². The third-order valence-corrected chi connectivity index (χ3v) is 8.68. The number of carbonyl (C=O) groups is 1. The molecular weight excluding hydrogens is 465 g/mol. The van der Waals surface area contributed by atoms with Crippen LogP contribution in [-0.2, 0) is 10.2 Å². The fraction of sp³-hybridized carbons (Fsp3) is 0.536. The third-order valence-electron chi connectivity index (χ3n) is 7.95. The van der Waals surface area contributed by atoms with Crippen LogP contribution in [0.25, 0.3) is 0 Å². The number of hydrogen-bond acceptors (Lipinski definition) is 3. The summed E-state index contributed by atoms with van der Waals surface area (Å²) in [5.74, 6) is 0.670. The molecule has 2 aromatic carbocycles. The quantitative estimate of drug-likeness (QED) is 0.486. The maximum Gasteiger partial charge on any atom is 0.223 e. The molecule has 2 heterocycles. The Hall–Kier alpha value is -1.59. The summed E-state index contributed by atoms with van der Waals surface area (Å²) in [6, 6.07) is 14.8. The number of halogens is 2. The maximum atomic E-state index is 11.6. The predicted octanol–water partition coefficient (Wildman–Crippen LogP) is 6.26. The Morgan fingerprint density at radius 2 is 1.85 bits per heavy atom. The van der Waals surface area contributed by atoms with Gasteiger partial charge in [-0.1, -0.05) is 41.4 Å². The minimum Gasteiger partial charge on any atom is -0.316 e. The lowest BCUT2D eigenvalue weighted by atomic mass is 9.71. The van der Waals surface area contributed by atoms with Gasteiger partial charge in [0.25, 0.3) is 0 Å². The number of likely N-dealkylation sites (tertiary alicyclic amines) is 1. The van der Waals surface area contributed by atoms with Gasteiger partial charge in [0, 0.05) is 31.6 Å². The van der Waals surface area contributed by atoms with Gasteiger partial charge < -0.3 is 15.1 Å². The molecule has 0 aromatic heterocycles. The molecule has 2 aromatic rings. The molecule has 2 fully saturated rings. The first kappa shape index (κ1) is 25.5. The summed E-state index contributed by atoms with van der Waals surface area (Å²) in [7, 11) is 1.82. The van der Waals surface area contributed by atoms with Crippen molar-refractivity contribution in [2.45, 2.75) is 56.8 Å². The van der Waals surface area contributed by atoms with Gasteiger partial charge in [-0.05, 0) is 106 Å². The normalized spacial score (nSPS) is 22.0. The number of benzene rings is 2. The van der Waals surface area contributed by atoms with Gasteiger partial charge >= 0.3 is 0 Å². The van der Waals surface area contributed by atoms with Gasteiger partial charge in [0.2, 0.25) is 5.91 Å². The highest BCUT2D eigenvalue weighted by molar-refractivity contribution is 6.42. The minimum atomic E-state index is 0.0611. The highest BCUT2D eigenvalue weighted by Gasteiger charge is 2.34.